The average Bonchev–Trinajstić information content (AvgIpc) is 2.52. The highest BCUT2D eigenvalue weighted by Gasteiger charge is 2.42. The predicted octanol–water partition coefficient (Wildman–Crippen LogP) is 2.53. The van der Waals surface area contributed by atoms with Crippen molar-refractivity contribution in [3.63, 3.8) is 0 Å². The minimum absolute atomic E-state index is 0.0809. The van der Waals surface area contributed by atoms with Gasteiger partial charge in [0.15, 0.2) is 0 Å². The fraction of sp³-hybridized carbons (Fsp3) is 0.188. The molecule has 0 atom stereocenters. The molecule has 2 aromatic carbocycles. The summed E-state index contributed by atoms with van der Waals surface area (Å²) in [7, 11) is 0. The Kier molecular flexibility index (Phi) is 3.26. The van der Waals surface area contributed by atoms with Crippen LogP contribution in [0.5, 0.6) is 0 Å². The third-order valence-electron chi connectivity index (χ3n) is 3.60. The number of hydrogen-bond donors (Lipinski definition) is 1. The van der Waals surface area contributed by atoms with Gasteiger partial charge in [-0.3, -0.25) is 10.0 Å². The van der Waals surface area contributed by atoms with Crippen LogP contribution in [0.4, 0.5) is 0 Å². The standard InChI is InChI=1S/C16H15NO3/c18-15-11-16(20-12-17(15)19,13-7-3-1-4-8-13)14-9-5-2-6-10-14/h1-10,19H,11-12H2. The molecular formula is C16H15NO3. The molecule has 1 amide bonds. The molecule has 0 saturated carbocycles. The van der Waals surface area contributed by atoms with Crippen molar-refractivity contribution in [2.45, 2.75) is 12.0 Å². The molecule has 0 radical (unpaired) electrons. The quantitative estimate of drug-likeness (QED) is 0.852. The number of ether oxygens (including phenoxy) is 1. The van der Waals surface area contributed by atoms with E-state index in [0.29, 0.717) is 5.06 Å². The van der Waals surface area contributed by atoms with Crippen LogP contribution in [0.15, 0.2) is 60.7 Å². The number of hydroxylamine groups is 2. The van der Waals surface area contributed by atoms with Gasteiger partial charge in [0.25, 0.3) is 5.91 Å². The summed E-state index contributed by atoms with van der Waals surface area (Å²) >= 11 is 0. The van der Waals surface area contributed by atoms with Crippen LogP contribution in [0, 0.1) is 0 Å². The number of nitrogens with zero attached hydrogens (tertiary/aromatic N) is 1. The van der Waals surface area contributed by atoms with E-state index in [1.807, 2.05) is 60.7 Å². The van der Waals surface area contributed by atoms with E-state index < -0.39 is 5.60 Å². The SMILES string of the molecule is O=C1CC(c2ccccc2)(c2ccccc2)OCN1O. The van der Waals surface area contributed by atoms with Crippen molar-refractivity contribution in [2.24, 2.45) is 0 Å². The second kappa shape index (κ2) is 5.07. The van der Waals surface area contributed by atoms with Gasteiger partial charge in [-0.05, 0) is 11.1 Å². The minimum atomic E-state index is -0.834. The molecule has 0 bridgehead atoms. The third kappa shape index (κ3) is 2.09. The minimum Gasteiger partial charge on any atom is -0.342 e. The van der Waals surface area contributed by atoms with E-state index in [9.17, 15) is 10.0 Å². The summed E-state index contributed by atoms with van der Waals surface area (Å²) in [4.78, 5) is 12.0. The molecule has 2 aromatic rings. The topological polar surface area (TPSA) is 49.8 Å². The first kappa shape index (κ1) is 12.8. The lowest BCUT2D eigenvalue weighted by Gasteiger charge is -2.39. The van der Waals surface area contributed by atoms with Crippen LogP contribution < -0.4 is 0 Å². The van der Waals surface area contributed by atoms with Crippen molar-refractivity contribution in [3.8, 4) is 0 Å². The molecule has 4 nitrogen and oxygen atoms in total. The van der Waals surface area contributed by atoms with Gasteiger partial charge >= 0.3 is 0 Å². The highest BCUT2D eigenvalue weighted by atomic mass is 16.6. The summed E-state index contributed by atoms with van der Waals surface area (Å²) in [5, 5.41) is 10.1. The molecule has 1 N–H and O–H groups in total. The lowest BCUT2D eigenvalue weighted by Crippen LogP contribution is -2.47. The Hall–Kier alpha value is -2.17. The van der Waals surface area contributed by atoms with Crippen molar-refractivity contribution < 1.29 is 14.7 Å². The van der Waals surface area contributed by atoms with Crippen LogP contribution in [-0.2, 0) is 15.1 Å². The number of amides is 1. The van der Waals surface area contributed by atoms with Crippen molar-refractivity contribution in [3.05, 3.63) is 71.8 Å². The van der Waals surface area contributed by atoms with Gasteiger partial charge in [-0.2, -0.15) is 5.06 Å². The second-order valence-electron chi connectivity index (χ2n) is 4.80. The van der Waals surface area contributed by atoms with Crippen LogP contribution in [0.25, 0.3) is 0 Å². The number of carbonyl (C=O) groups is 1. The van der Waals surface area contributed by atoms with Gasteiger partial charge in [0.2, 0.25) is 0 Å². The van der Waals surface area contributed by atoms with Crippen LogP contribution >= 0.6 is 0 Å². The molecule has 0 spiro atoms. The summed E-state index contributed by atoms with van der Waals surface area (Å²) < 4.78 is 5.88. The van der Waals surface area contributed by atoms with E-state index in [1.54, 1.807) is 0 Å². The monoisotopic (exact) mass is 269 g/mol. The van der Waals surface area contributed by atoms with E-state index in [1.165, 1.54) is 0 Å². The normalized spacial score (nSPS) is 18.1. The van der Waals surface area contributed by atoms with Crippen molar-refractivity contribution in [2.75, 3.05) is 6.73 Å². The molecule has 1 fully saturated rings. The second-order valence-corrected chi connectivity index (χ2v) is 4.80. The highest BCUT2D eigenvalue weighted by molar-refractivity contribution is 5.78. The van der Waals surface area contributed by atoms with Gasteiger partial charge in [0.1, 0.15) is 12.3 Å². The average molecular weight is 269 g/mol. The Bertz CT molecular complexity index is 558. The zero-order valence-corrected chi connectivity index (χ0v) is 10.9. The van der Waals surface area contributed by atoms with Gasteiger partial charge in [-0.25, -0.2) is 0 Å². The van der Waals surface area contributed by atoms with E-state index in [4.69, 9.17) is 4.74 Å². The molecule has 1 aliphatic heterocycles. The van der Waals surface area contributed by atoms with E-state index >= 15 is 0 Å². The van der Waals surface area contributed by atoms with Crippen LogP contribution in [-0.4, -0.2) is 22.9 Å². The maximum Gasteiger partial charge on any atom is 0.251 e. The summed E-state index contributed by atoms with van der Waals surface area (Å²) in [6.07, 6.45) is 0.0809. The molecule has 20 heavy (non-hydrogen) atoms. The molecule has 1 aliphatic rings. The Morgan fingerprint density at radius 3 is 1.90 bits per heavy atom. The smallest absolute Gasteiger partial charge is 0.251 e. The predicted molar refractivity (Wildman–Crippen MR) is 72.9 cm³/mol. The summed E-state index contributed by atoms with van der Waals surface area (Å²) in [5.74, 6) is -0.344. The first-order valence-electron chi connectivity index (χ1n) is 6.47. The van der Waals surface area contributed by atoms with Gasteiger partial charge in [-0.15, -0.1) is 0 Å². The molecule has 1 saturated heterocycles. The first-order valence-corrected chi connectivity index (χ1v) is 6.47. The molecule has 4 heteroatoms. The van der Waals surface area contributed by atoms with Crippen molar-refractivity contribution in [1.29, 1.82) is 0 Å². The van der Waals surface area contributed by atoms with Crippen molar-refractivity contribution in [1.82, 2.24) is 5.06 Å². The molecule has 102 valence electrons. The van der Waals surface area contributed by atoms with Crippen LogP contribution in [0.2, 0.25) is 0 Å². The lowest BCUT2D eigenvalue weighted by molar-refractivity contribution is -0.229. The van der Waals surface area contributed by atoms with E-state index in [-0.39, 0.29) is 19.1 Å². The first-order chi connectivity index (χ1) is 9.72. The number of carbonyl (C=O) groups excluding carboxylic acids is 1. The molecule has 0 aliphatic carbocycles. The Labute approximate surface area is 117 Å². The summed E-state index contributed by atoms with van der Waals surface area (Å²) in [6.45, 7) is -0.136. The van der Waals surface area contributed by atoms with E-state index in [0.717, 1.165) is 11.1 Å². The van der Waals surface area contributed by atoms with Crippen molar-refractivity contribution >= 4 is 5.91 Å². The van der Waals surface area contributed by atoms with Gasteiger partial charge in [0, 0.05) is 0 Å². The van der Waals surface area contributed by atoms with Gasteiger partial charge in [-0.1, -0.05) is 60.7 Å². The fourth-order valence-electron chi connectivity index (χ4n) is 2.55. The third-order valence-corrected chi connectivity index (χ3v) is 3.60. The zero-order chi connectivity index (χ0) is 14.0. The fourth-order valence-corrected chi connectivity index (χ4v) is 2.55. The summed E-state index contributed by atoms with van der Waals surface area (Å²) in [5.41, 5.74) is 0.985. The van der Waals surface area contributed by atoms with Gasteiger partial charge in [0.05, 0.1) is 6.42 Å². The van der Waals surface area contributed by atoms with Crippen LogP contribution in [0.1, 0.15) is 17.5 Å². The molecule has 3 rings (SSSR count). The maximum atomic E-state index is 12.0. The van der Waals surface area contributed by atoms with E-state index in [2.05, 4.69) is 0 Å². The largest absolute Gasteiger partial charge is 0.342 e. The molecule has 0 unspecified atom stereocenters. The van der Waals surface area contributed by atoms with Crippen LogP contribution in [0.3, 0.4) is 0 Å². The Morgan fingerprint density at radius 1 is 0.950 bits per heavy atom. The molecule has 0 aromatic heterocycles. The highest BCUT2D eigenvalue weighted by Crippen LogP contribution is 2.39. The number of rotatable bonds is 2. The number of hydrogen-bond acceptors (Lipinski definition) is 3. The Balaban J connectivity index is 2.11. The molecular weight excluding hydrogens is 254 g/mol. The van der Waals surface area contributed by atoms with Gasteiger partial charge < -0.3 is 4.74 Å². The lowest BCUT2D eigenvalue weighted by atomic mass is 9.82. The Morgan fingerprint density at radius 2 is 1.45 bits per heavy atom. The maximum absolute atomic E-state index is 12.0. The molecule has 1 heterocycles. The summed E-state index contributed by atoms with van der Waals surface area (Å²) in [6, 6.07) is 19.3. The zero-order valence-electron chi connectivity index (χ0n) is 10.9. The number of benzene rings is 2.